The van der Waals surface area contributed by atoms with E-state index in [0.29, 0.717) is 22.8 Å². The Balaban J connectivity index is 1.81. The first kappa shape index (κ1) is 15.1. The minimum atomic E-state index is -0.476. The number of benzene rings is 1. The number of nitrogens with one attached hydrogen (secondary N) is 1. The molecule has 0 bridgehead atoms. The van der Waals surface area contributed by atoms with Gasteiger partial charge in [-0.3, -0.25) is 19.7 Å². The monoisotopic (exact) mass is 332 g/mol. The van der Waals surface area contributed by atoms with Gasteiger partial charge >= 0.3 is 0 Å². The van der Waals surface area contributed by atoms with Gasteiger partial charge in [-0.1, -0.05) is 0 Å². The van der Waals surface area contributed by atoms with Crippen molar-refractivity contribution in [2.75, 3.05) is 16.8 Å². The minimum absolute atomic E-state index is 0.0229. The second-order valence-corrected chi connectivity index (χ2v) is 5.83. The summed E-state index contributed by atoms with van der Waals surface area (Å²) in [4.78, 5) is 39.8. The number of non-ortho nitro benzene ring substituents is 1. The summed E-state index contributed by atoms with van der Waals surface area (Å²) < 4.78 is 0. The molecule has 0 saturated heterocycles. The first-order valence-electron chi connectivity index (χ1n) is 6.81. The summed E-state index contributed by atoms with van der Waals surface area (Å²) in [6.45, 7) is -0.150. The number of carbonyl (C=O) groups is 2. The average molecular weight is 332 g/mol. The topological polar surface area (TPSA) is 105 Å². The third kappa shape index (κ3) is 3.19. The van der Waals surface area contributed by atoms with Crippen LogP contribution in [-0.2, 0) is 16.0 Å². The van der Waals surface area contributed by atoms with Gasteiger partial charge in [0, 0.05) is 35.8 Å². The quantitative estimate of drug-likeness (QED) is 0.680. The first-order valence-corrected chi connectivity index (χ1v) is 7.69. The van der Waals surface area contributed by atoms with Gasteiger partial charge < -0.3 is 10.2 Å². The lowest BCUT2D eigenvalue weighted by atomic mass is 10.0. The summed E-state index contributed by atoms with van der Waals surface area (Å²) in [5.41, 5.74) is 1.22. The third-order valence-corrected chi connectivity index (χ3v) is 4.14. The molecule has 23 heavy (non-hydrogen) atoms. The van der Waals surface area contributed by atoms with E-state index in [1.54, 1.807) is 11.6 Å². The molecule has 1 aliphatic rings. The van der Waals surface area contributed by atoms with E-state index in [-0.39, 0.29) is 30.5 Å². The highest BCUT2D eigenvalue weighted by molar-refractivity contribution is 7.13. The van der Waals surface area contributed by atoms with Gasteiger partial charge in [0.25, 0.3) is 5.69 Å². The van der Waals surface area contributed by atoms with E-state index in [2.05, 4.69) is 10.3 Å². The number of anilines is 2. The summed E-state index contributed by atoms with van der Waals surface area (Å²) in [6, 6.07) is 4.30. The number of nitro benzene ring substituents is 1. The number of thiazole rings is 1. The Hall–Kier alpha value is -2.81. The highest BCUT2D eigenvalue weighted by atomic mass is 32.1. The van der Waals surface area contributed by atoms with Crippen molar-refractivity contribution in [3.8, 4) is 0 Å². The molecule has 0 aliphatic carbocycles. The smallest absolute Gasteiger partial charge is 0.269 e. The van der Waals surface area contributed by atoms with Crippen LogP contribution in [0.25, 0.3) is 0 Å². The standard InChI is InChI=1S/C14H12N4O4S/c19-12(16-14-15-5-6-23-14)8-17-11-3-2-10(18(21)22)7-9(11)1-4-13(17)20/h2-3,5-7H,1,4,8H2,(H,15,16,19). The van der Waals surface area contributed by atoms with Gasteiger partial charge in [0.1, 0.15) is 6.54 Å². The van der Waals surface area contributed by atoms with Crippen LogP contribution in [0, 0.1) is 10.1 Å². The van der Waals surface area contributed by atoms with Crippen LogP contribution in [0.4, 0.5) is 16.5 Å². The fourth-order valence-corrected chi connectivity index (χ4v) is 2.97. The fourth-order valence-electron chi connectivity index (χ4n) is 2.42. The number of rotatable bonds is 4. The average Bonchev–Trinajstić information content (AvgIpc) is 3.02. The lowest BCUT2D eigenvalue weighted by Gasteiger charge is -2.28. The van der Waals surface area contributed by atoms with Crippen LogP contribution in [0.15, 0.2) is 29.8 Å². The number of fused-ring (bicyclic) bond motifs is 1. The Morgan fingerprint density at radius 3 is 2.96 bits per heavy atom. The van der Waals surface area contributed by atoms with Gasteiger partial charge in [-0.05, 0) is 18.1 Å². The normalized spacial score (nSPS) is 13.6. The molecular formula is C14H12N4O4S. The van der Waals surface area contributed by atoms with Crippen LogP contribution in [-0.4, -0.2) is 28.3 Å². The molecule has 8 nitrogen and oxygen atoms in total. The number of hydrogen-bond acceptors (Lipinski definition) is 6. The van der Waals surface area contributed by atoms with Crippen LogP contribution >= 0.6 is 11.3 Å². The Kier molecular flexibility index (Phi) is 4.02. The second kappa shape index (κ2) is 6.13. The number of hydrogen-bond donors (Lipinski definition) is 1. The third-order valence-electron chi connectivity index (χ3n) is 3.45. The summed E-state index contributed by atoms with van der Waals surface area (Å²) in [7, 11) is 0. The second-order valence-electron chi connectivity index (χ2n) is 4.94. The highest BCUT2D eigenvalue weighted by Crippen LogP contribution is 2.31. The number of aryl methyl sites for hydroxylation is 1. The van der Waals surface area contributed by atoms with Crippen molar-refractivity contribution in [1.82, 2.24) is 4.98 Å². The van der Waals surface area contributed by atoms with Crippen LogP contribution in [0.2, 0.25) is 0 Å². The van der Waals surface area contributed by atoms with Crippen molar-refractivity contribution in [2.45, 2.75) is 12.8 Å². The molecule has 3 rings (SSSR count). The molecular weight excluding hydrogens is 320 g/mol. The highest BCUT2D eigenvalue weighted by Gasteiger charge is 2.27. The van der Waals surface area contributed by atoms with Crippen molar-refractivity contribution >= 4 is 39.7 Å². The predicted molar refractivity (Wildman–Crippen MR) is 84.5 cm³/mol. The maximum Gasteiger partial charge on any atom is 0.269 e. The summed E-state index contributed by atoms with van der Waals surface area (Å²) in [5.74, 6) is -0.542. The molecule has 118 valence electrons. The van der Waals surface area contributed by atoms with E-state index in [9.17, 15) is 19.7 Å². The van der Waals surface area contributed by atoms with Crippen molar-refractivity contribution in [1.29, 1.82) is 0 Å². The summed E-state index contributed by atoms with van der Waals surface area (Å²) in [6.07, 6.45) is 2.22. The molecule has 0 radical (unpaired) electrons. The molecule has 1 N–H and O–H groups in total. The number of nitro groups is 1. The van der Waals surface area contributed by atoms with E-state index < -0.39 is 4.92 Å². The SMILES string of the molecule is O=C(CN1C(=O)CCc2cc([N+](=O)[O-])ccc21)Nc1nccs1. The molecule has 1 aliphatic heterocycles. The zero-order chi connectivity index (χ0) is 16.4. The maximum absolute atomic E-state index is 12.1. The van der Waals surface area contributed by atoms with Gasteiger partial charge in [0.2, 0.25) is 11.8 Å². The van der Waals surface area contributed by atoms with E-state index in [4.69, 9.17) is 0 Å². The number of amides is 2. The van der Waals surface area contributed by atoms with Crippen LogP contribution < -0.4 is 10.2 Å². The zero-order valence-electron chi connectivity index (χ0n) is 11.9. The molecule has 0 spiro atoms. The van der Waals surface area contributed by atoms with E-state index >= 15 is 0 Å². The minimum Gasteiger partial charge on any atom is -0.303 e. The Bertz CT molecular complexity index is 775. The number of aromatic nitrogens is 1. The number of nitrogens with zero attached hydrogens (tertiary/aromatic N) is 3. The van der Waals surface area contributed by atoms with Crippen LogP contribution in [0.1, 0.15) is 12.0 Å². The van der Waals surface area contributed by atoms with Crippen molar-refractivity contribution in [3.05, 3.63) is 45.5 Å². The zero-order valence-corrected chi connectivity index (χ0v) is 12.7. The van der Waals surface area contributed by atoms with Gasteiger partial charge in [0.05, 0.1) is 4.92 Å². The summed E-state index contributed by atoms with van der Waals surface area (Å²) in [5, 5.41) is 15.7. The molecule has 2 aromatic rings. The molecule has 0 unspecified atom stereocenters. The first-order chi connectivity index (χ1) is 11.0. The van der Waals surface area contributed by atoms with E-state index in [1.807, 2.05) is 0 Å². The largest absolute Gasteiger partial charge is 0.303 e. The molecule has 2 amide bonds. The van der Waals surface area contributed by atoms with E-state index in [0.717, 1.165) is 0 Å². The van der Waals surface area contributed by atoms with Crippen molar-refractivity contribution in [2.24, 2.45) is 0 Å². The Morgan fingerprint density at radius 2 is 2.26 bits per heavy atom. The molecule has 2 heterocycles. The lowest BCUT2D eigenvalue weighted by molar-refractivity contribution is -0.384. The fraction of sp³-hybridized carbons (Fsp3) is 0.214. The van der Waals surface area contributed by atoms with Crippen molar-refractivity contribution in [3.63, 3.8) is 0 Å². The van der Waals surface area contributed by atoms with Gasteiger partial charge in [-0.15, -0.1) is 11.3 Å². The molecule has 0 fully saturated rings. The maximum atomic E-state index is 12.1. The molecule has 1 aromatic carbocycles. The van der Waals surface area contributed by atoms with Gasteiger partial charge in [0.15, 0.2) is 5.13 Å². The Labute approximate surface area is 134 Å². The van der Waals surface area contributed by atoms with Crippen LogP contribution in [0.5, 0.6) is 0 Å². The molecule has 1 aromatic heterocycles. The summed E-state index contributed by atoms with van der Waals surface area (Å²) >= 11 is 1.28. The number of carbonyl (C=O) groups excluding carboxylic acids is 2. The van der Waals surface area contributed by atoms with Gasteiger partial charge in [-0.2, -0.15) is 0 Å². The lowest BCUT2D eigenvalue weighted by Crippen LogP contribution is -2.40. The molecule has 0 saturated carbocycles. The Morgan fingerprint density at radius 1 is 1.43 bits per heavy atom. The molecule has 9 heteroatoms. The molecule has 0 atom stereocenters. The van der Waals surface area contributed by atoms with E-state index in [1.165, 1.54) is 34.4 Å². The van der Waals surface area contributed by atoms with Gasteiger partial charge in [-0.25, -0.2) is 4.98 Å². The van der Waals surface area contributed by atoms with Crippen LogP contribution in [0.3, 0.4) is 0 Å². The predicted octanol–water partition coefficient (Wildman–Crippen LogP) is 1.97. The van der Waals surface area contributed by atoms with Crippen molar-refractivity contribution < 1.29 is 14.5 Å².